The highest BCUT2D eigenvalue weighted by Gasteiger charge is 2.11. The van der Waals surface area contributed by atoms with Crippen molar-refractivity contribution in [1.82, 2.24) is 0 Å². The number of anilines is 1. The Bertz CT molecular complexity index is 620. The lowest BCUT2D eigenvalue weighted by molar-refractivity contribution is 0.102. The molecule has 104 valence electrons. The number of aryl methyl sites for hydroxylation is 2. The molecule has 0 aliphatic carbocycles. The Morgan fingerprint density at radius 3 is 2.65 bits per heavy atom. The normalized spacial score (nSPS) is 10.2. The van der Waals surface area contributed by atoms with Crippen molar-refractivity contribution in [3.05, 3.63) is 59.2 Å². The fourth-order valence-electron chi connectivity index (χ4n) is 2.02. The summed E-state index contributed by atoms with van der Waals surface area (Å²) in [6.07, 6.45) is 0. The van der Waals surface area contributed by atoms with Gasteiger partial charge in [-0.05, 0) is 44.5 Å². The van der Waals surface area contributed by atoms with Gasteiger partial charge in [-0.2, -0.15) is 0 Å². The fraction of sp³-hybridized carbons (Fsp3) is 0.235. The molecule has 0 unspecified atom stereocenters. The Balaban J connectivity index is 2.26. The van der Waals surface area contributed by atoms with Gasteiger partial charge in [0.1, 0.15) is 5.75 Å². The molecular weight excluding hydrogens is 250 g/mol. The second-order valence-electron chi connectivity index (χ2n) is 4.70. The molecular formula is C17H19NO2. The van der Waals surface area contributed by atoms with E-state index in [9.17, 15) is 4.79 Å². The van der Waals surface area contributed by atoms with Gasteiger partial charge in [0.25, 0.3) is 5.91 Å². The third kappa shape index (κ3) is 3.18. The van der Waals surface area contributed by atoms with Crippen LogP contribution in [-0.4, -0.2) is 12.5 Å². The topological polar surface area (TPSA) is 38.3 Å². The van der Waals surface area contributed by atoms with E-state index in [0.717, 1.165) is 11.1 Å². The molecule has 0 spiro atoms. The Labute approximate surface area is 119 Å². The molecule has 1 N–H and O–H groups in total. The standard InChI is InChI=1S/C17H19NO2/c1-4-20-16-8-6-5-7-15(16)18-17(19)14-11-12(2)9-10-13(14)3/h5-11H,4H2,1-3H3,(H,18,19). The fourth-order valence-corrected chi connectivity index (χ4v) is 2.02. The van der Waals surface area contributed by atoms with Crippen molar-refractivity contribution in [2.45, 2.75) is 20.8 Å². The zero-order chi connectivity index (χ0) is 14.5. The van der Waals surface area contributed by atoms with Gasteiger partial charge in [-0.1, -0.05) is 29.8 Å². The molecule has 2 aromatic rings. The molecule has 0 atom stereocenters. The summed E-state index contributed by atoms with van der Waals surface area (Å²) < 4.78 is 5.51. The first-order valence-corrected chi connectivity index (χ1v) is 6.72. The van der Waals surface area contributed by atoms with E-state index in [1.54, 1.807) is 0 Å². The maximum atomic E-state index is 12.4. The van der Waals surface area contributed by atoms with Crippen molar-refractivity contribution in [3.63, 3.8) is 0 Å². The van der Waals surface area contributed by atoms with Gasteiger partial charge in [0.2, 0.25) is 0 Å². The molecule has 0 aliphatic heterocycles. The van der Waals surface area contributed by atoms with E-state index in [4.69, 9.17) is 4.74 Å². The number of benzene rings is 2. The average Bonchev–Trinajstić information content (AvgIpc) is 2.44. The molecule has 3 heteroatoms. The zero-order valence-electron chi connectivity index (χ0n) is 12.1. The predicted molar refractivity (Wildman–Crippen MR) is 81.5 cm³/mol. The summed E-state index contributed by atoms with van der Waals surface area (Å²) in [5.41, 5.74) is 3.41. The van der Waals surface area contributed by atoms with Crippen molar-refractivity contribution in [2.75, 3.05) is 11.9 Å². The predicted octanol–water partition coefficient (Wildman–Crippen LogP) is 3.95. The van der Waals surface area contributed by atoms with Crippen molar-refractivity contribution in [3.8, 4) is 5.75 Å². The Kier molecular flexibility index (Phi) is 4.41. The summed E-state index contributed by atoms with van der Waals surface area (Å²) >= 11 is 0. The lowest BCUT2D eigenvalue weighted by Gasteiger charge is -2.12. The minimum atomic E-state index is -0.113. The molecule has 0 aliphatic rings. The highest BCUT2D eigenvalue weighted by molar-refractivity contribution is 6.06. The SMILES string of the molecule is CCOc1ccccc1NC(=O)c1cc(C)ccc1C. The summed E-state index contributed by atoms with van der Waals surface area (Å²) in [5, 5.41) is 2.92. The largest absolute Gasteiger partial charge is 0.492 e. The number of amides is 1. The number of rotatable bonds is 4. The van der Waals surface area contributed by atoms with Crippen LogP contribution in [0.5, 0.6) is 5.75 Å². The van der Waals surface area contributed by atoms with Crippen LogP contribution in [0.3, 0.4) is 0 Å². The van der Waals surface area contributed by atoms with Crippen LogP contribution in [0.1, 0.15) is 28.4 Å². The Hall–Kier alpha value is -2.29. The first-order chi connectivity index (χ1) is 9.61. The molecule has 0 bridgehead atoms. The van der Waals surface area contributed by atoms with Crippen LogP contribution >= 0.6 is 0 Å². The molecule has 1 amide bonds. The second-order valence-corrected chi connectivity index (χ2v) is 4.70. The number of para-hydroxylation sites is 2. The van der Waals surface area contributed by atoms with Gasteiger partial charge in [0, 0.05) is 5.56 Å². The smallest absolute Gasteiger partial charge is 0.256 e. The van der Waals surface area contributed by atoms with Gasteiger partial charge in [-0.3, -0.25) is 4.79 Å². The van der Waals surface area contributed by atoms with E-state index in [1.807, 2.05) is 63.2 Å². The van der Waals surface area contributed by atoms with Crippen LogP contribution in [0.4, 0.5) is 5.69 Å². The van der Waals surface area contributed by atoms with E-state index >= 15 is 0 Å². The molecule has 0 radical (unpaired) electrons. The van der Waals surface area contributed by atoms with E-state index in [-0.39, 0.29) is 5.91 Å². The second kappa shape index (κ2) is 6.24. The van der Waals surface area contributed by atoms with Crippen LogP contribution in [0.15, 0.2) is 42.5 Å². The minimum Gasteiger partial charge on any atom is -0.492 e. The van der Waals surface area contributed by atoms with Crippen molar-refractivity contribution >= 4 is 11.6 Å². The summed E-state index contributed by atoms with van der Waals surface area (Å²) in [6.45, 7) is 6.40. The molecule has 2 aromatic carbocycles. The first-order valence-electron chi connectivity index (χ1n) is 6.72. The third-order valence-corrected chi connectivity index (χ3v) is 3.07. The van der Waals surface area contributed by atoms with Gasteiger partial charge >= 0.3 is 0 Å². The molecule has 0 heterocycles. The minimum absolute atomic E-state index is 0.113. The van der Waals surface area contributed by atoms with Crippen LogP contribution in [0.25, 0.3) is 0 Å². The van der Waals surface area contributed by atoms with Gasteiger partial charge in [0.05, 0.1) is 12.3 Å². The van der Waals surface area contributed by atoms with Crippen molar-refractivity contribution in [1.29, 1.82) is 0 Å². The summed E-state index contributed by atoms with van der Waals surface area (Å²) in [4.78, 5) is 12.4. The lowest BCUT2D eigenvalue weighted by atomic mass is 10.0. The average molecular weight is 269 g/mol. The van der Waals surface area contributed by atoms with Crippen LogP contribution < -0.4 is 10.1 Å². The summed E-state index contributed by atoms with van der Waals surface area (Å²) in [5.74, 6) is 0.576. The molecule has 20 heavy (non-hydrogen) atoms. The third-order valence-electron chi connectivity index (χ3n) is 3.07. The van der Waals surface area contributed by atoms with Crippen molar-refractivity contribution in [2.24, 2.45) is 0 Å². The Morgan fingerprint density at radius 1 is 1.15 bits per heavy atom. The van der Waals surface area contributed by atoms with E-state index in [2.05, 4.69) is 5.32 Å². The number of ether oxygens (including phenoxy) is 1. The van der Waals surface area contributed by atoms with Gasteiger partial charge in [-0.15, -0.1) is 0 Å². The van der Waals surface area contributed by atoms with Gasteiger partial charge < -0.3 is 10.1 Å². The maximum Gasteiger partial charge on any atom is 0.256 e. The number of hydrogen-bond acceptors (Lipinski definition) is 2. The van der Waals surface area contributed by atoms with Gasteiger partial charge in [-0.25, -0.2) is 0 Å². The first kappa shape index (κ1) is 14.1. The number of carbonyl (C=O) groups is 1. The monoisotopic (exact) mass is 269 g/mol. The van der Waals surface area contributed by atoms with Crippen LogP contribution in [-0.2, 0) is 0 Å². The lowest BCUT2D eigenvalue weighted by Crippen LogP contribution is -2.14. The number of nitrogens with one attached hydrogen (secondary N) is 1. The summed E-state index contributed by atoms with van der Waals surface area (Å²) in [6, 6.07) is 13.3. The van der Waals surface area contributed by atoms with Gasteiger partial charge in [0.15, 0.2) is 0 Å². The summed E-state index contributed by atoms with van der Waals surface area (Å²) in [7, 11) is 0. The number of carbonyl (C=O) groups excluding carboxylic acids is 1. The van der Waals surface area contributed by atoms with Crippen molar-refractivity contribution < 1.29 is 9.53 Å². The Morgan fingerprint density at radius 2 is 1.90 bits per heavy atom. The quantitative estimate of drug-likeness (QED) is 0.912. The molecule has 0 aromatic heterocycles. The maximum absolute atomic E-state index is 12.4. The van der Waals surface area contributed by atoms with E-state index in [1.165, 1.54) is 0 Å². The zero-order valence-corrected chi connectivity index (χ0v) is 12.1. The van der Waals surface area contributed by atoms with E-state index in [0.29, 0.717) is 23.6 Å². The highest BCUT2D eigenvalue weighted by atomic mass is 16.5. The molecule has 0 saturated carbocycles. The van der Waals surface area contributed by atoms with E-state index < -0.39 is 0 Å². The molecule has 2 rings (SSSR count). The van der Waals surface area contributed by atoms with Crippen LogP contribution in [0, 0.1) is 13.8 Å². The molecule has 0 fully saturated rings. The highest BCUT2D eigenvalue weighted by Crippen LogP contribution is 2.24. The molecule has 3 nitrogen and oxygen atoms in total. The molecule has 0 saturated heterocycles. The number of hydrogen-bond donors (Lipinski definition) is 1. The van der Waals surface area contributed by atoms with Crippen LogP contribution in [0.2, 0.25) is 0 Å².